The number of hydrogen-bond donors (Lipinski definition) is 1. The summed E-state index contributed by atoms with van der Waals surface area (Å²) in [5.41, 5.74) is -2.04. The topological polar surface area (TPSA) is 81.5 Å². The maximum absolute atomic E-state index is 13.8. The fourth-order valence-corrected chi connectivity index (χ4v) is 4.30. The average molecular weight is 672 g/mol. The van der Waals surface area contributed by atoms with Crippen LogP contribution in [0.5, 0.6) is 5.75 Å². The second-order valence-electron chi connectivity index (χ2n) is 7.60. The number of nitro groups is 1. The van der Waals surface area contributed by atoms with E-state index in [0.29, 0.717) is 18.2 Å². The summed E-state index contributed by atoms with van der Waals surface area (Å²) in [5.74, 6) is -15.4. The average Bonchev–Trinajstić information content (AvgIpc) is 2.82. The third-order valence-electron chi connectivity index (χ3n) is 4.57. The van der Waals surface area contributed by atoms with Crippen molar-refractivity contribution in [2.24, 2.45) is 0 Å². The molecule has 0 atom stereocenters. The maximum atomic E-state index is 13.8. The molecule has 1 N–H and O–H groups in total. The molecular weight excluding hydrogens is 662 g/mol. The molecule has 234 valence electrons. The van der Waals surface area contributed by atoms with Gasteiger partial charge in [-0.15, -0.1) is 0 Å². The van der Waals surface area contributed by atoms with Crippen molar-refractivity contribution in [3.8, 4) is 5.75 Å². The minimum Gasteiger partial charge on any atom is -0.477 e. The second kappa shape index (κ2) is 11.8. The van der Waals surface area contributed by atoms with E-state index < -0.39 is 103 Å². The van der Waals surface area contributed by atoms with E-state index in [4.69, 9.17) is 4.74 Å². The monoisotopic (exact) mass is 672 g/mol. The Hall–Kier alpha value is -3.17. The van der Waals surface area contributed by atoms with Crippen molar-refractivity contribution in [3.63, 3.8) is 0 Å². The predicted molar refractivity (Wildman–Crippen MR) is 117 cm³/mol. The normalized spacial score (nSPS) is 13.6. The minimum atomic E-state index is -6.68. The summed E-state index contributed by atoms with van der Waals surface area (Å²) in [6, 6.07) is 4.38. The zero-order valence-electron chi connectivity index (χ0n) is 19.4. The highest BCUT2D eigenvalue weighted by Crippen LogP contribution is 2.56. The summed E-state index contributed by atoms with van der Waals surface area (Å²) in [6.45, 7) is -1.27. The van der Waals surface area contributed by atoms with Gasteiger partial charge in [0.25, 0.3) is 5.91 Å². The first-order valence-corrected chi connectivity index (χ1v) is 11.8. The van der Waals surface area contributed by atoms with Crippen LogP contribution in [0.3, 0.4) is 0 Å². The molecule has 0 bridgehead atoms. The van der Waals surface area contributed by atoms with E-state index in [2.05, 4.69) is 0 Å². The van der Waals surface area contributed by atoms with E-state index in [1.165, 1.54) is 0 Å². The number of rotatable bonds is 11. The number of ether oxygens (including phenoxy) is 1. The SMILES string of the molecule is O=C(COc1ccc(SC(F)(F)C(F)(F)C(F)(F)F)cc1[N+](=O)[O-])Nc1ccccc1SC(F)(F)C(F)(F)C(F)(F)F. The maximum Gasteiger partial charge on any atom is 0.460 e. The van der Waals surface area contributed by atoms with Crippen LogP contribution < -0.4 is 10.1 Å². The van der Waals surface area contributed by atoms with Gasteiger partial charge in [-0.1, -0.05) is 12.1 Å². The first-order chi connectivity index (χ1) is 18.8. The minimum absolute atomic E-state index is 0.118. The van der Waals surface area contributed by atoms with Crippen molar-refractivity contribution in [2.75, 3.05) is 11.9 Å². The molecule has 0 aliphatic carbocycles. The van der Waals surface area contributed by atoms with Crippen LogP contribution in [0.15, 0.2) is 52.3 Å². The second-order valence-corrected chi connectivity index (χ2v) is 9.95. The smallest absolute Gasteiger partial charge is 0.460 e. The molecule has 0 saturated heterocycles. The van der Waals surface area contributed by atoms with Gasteiger partial charge >= 0.3 is 40.4 Å². The Morgan fingerprint density at radius 1 is 0.786 bits per heavy atom. The first kappa shape index (κ1) is 35.0. The molecule has 0 spiro atoms. The van der Waals surface area contributed by atoms with Crippen LogP contribution in [0, 0.1) is 10.1 Å². The number of anilines is 1. The molecular formula is C20H10F14N2O4S2. The summed E-state index contributed by atoms with van der Waals surface area (Å²) in [5, 5.41) is 1.47. The van der Waals surface area contributed by atoms with Gasteiger partial charge in [-0.2, -0.15) is 61.5 Å². The number of nitrogens with one attached hydrogen (secondary N) is 1. The largest absolute Gasteiger partial charge is 0.477 e. The number of para-hydroxylation sites is 1. The summed E-state index contributed by atoms with van der Waals surface area (Å²) < 4.78 is 187. The van der Waals surface area contributed by atoms with Gasteiger partial charge in [0.2, 0.25) is 0 Å². The van der Waals surface area contributed by atoms with Crippen LogP contribution in [0.25, 0.3) is 0 Å². The molecule has 0 aliphatic heterocycles. The van der Waals surface area contributed by atoms with E-state index >= 15 is 0 Å². The number of benzene rings is 2. The zero-order chi connectivity index (χ0) is 32.5. The fraction of sp³-hybridized carbons (Fsp3) is 0.350. The molecule has 0 saturated carbocycles. The number of hydrogen-bond acceptors (Lipinski definition) is 6. The van der Waals surface area contributed by atoms with Crippen LogP contribution in [0.2, 0.25) is 0 Å². The fourth-order valence-electron chi connectivity index (χ4n) is 2.56. The molecule has 2 aromatic rings. The molecule has 0 radical (unpaired) electrons. The lowest BCUT2D eigenvalue weighted by Crippen LogP contribution is -2.49. The van der Waals surface area contributed by atoms with Crippen LogP contribution in [-0.2, 0) is 4.79 Å². The van der Waals surface area contributed by atoms with Gasteiger partial charge < -0.3 is 10.1 Å². The van der Waals surface area contributed by atoms with E-state index in [0.717, 1.165) is 18.2 Å². The van der Waals surface area contributed by atoms with Crippen molar-refractivity contribution in [1.82, 2.24) is 0 Å². The number of amides is 1. The summed E-state index contributed by atoms with van der Waals surface area (Å²) in [6.07, 6.45) is -13.3. The molecule has 0 heterocycles. The van der Waals surface area contributed by atoms with Crippen molar-refractivity contribution >= 4 is 40.8 Å². The predicted octanol–water partition coefficient (Wildman–Crippen LogP) is 8.38. The molecule has 2 rings (SSSR count). The standard InChI is InChI=1S/C20H10F14N2O4S2/c21-15(22,17(25,26)27)19(31,32)41-9-5-6-12(11(7-9)36(38)39)40-8-14(37)35-10-3-1-2-4-13(10)42-20(33,34)16(23,24)18(28,29)30/h1-7H,8H2,(H,35,37). The Kier molecular flexibility index (Phi) is 9.88. The number of alkyl halides is 14. The van der Waals surface area contributed by atoms with Gasteiger partial charge in [-0.25, -0.2) is 0 Å². The lowest BCUT2D eigenvalue weighted by Gasteiger charge is -2.28. The van der Waals surface area contributed by atoms with Gasteiger partial charge in [0.1, 0.15) is 0 Å². The van der Waals surface area contributed by atoms with E-state index in [1.54, 1.807) is 0 Å². The number of thioether (sulfide) groups is 2. The Morgan fingerprint density at radius 3 is 1.79 bits per heavy atom. The molecule has 22 heteroatoms. The molecule has 0 unspecified atom stereocenters. The van der Waals surface area contributed by atoms with Gasteiger partial charge in [0.15, 0.2) is 12.4 Å². The van der Waals surface area contributed by atoms with Crippen LogP contribution >= 0.6 is 23.5 Å². The van der Waals surface area contributed by atoms with Gasteiger partial charge in [0, 0.05) is 15.9 Å². The zero-order valence-corrected chi connectivity index (χ0v) is 21.1. The highest BCUT2D eigenvalue weighted by molar-refractivity contribution is 8.00. The highest BCUT2D eigenvalue weighted by Gasteiger charge is 2.74. The van der Waals surface area contributed by atoms with Gasteiger partial charge in [0.05, 0.1) is 10.6 Å². The summed E-state index contributed by atoms with van der Waals surface area (Å²) in [7, 11) is 0. The van der Waals surface area contributed by atoms with Gasteiger partial charge in [-0.05, 0) is 47.8 Å². The number of halogens is 14. The summed E-state index contributed by atoms with van der Waals surface area (Å²) in [4.78, 5) is 19.9. The third-order valence-corrected chi connectivity index (χ3v) is 6.67. The van der Waals surface area contributed by atoms with Crippen LogP contribution in [0.4, 0.5) is 72.8 Å². The molecule has 0 aromatic heterocycles. The quantitative estimate of drug-likeness (QED) is 0.112. The van der Waals surface area contributed by atoms with E-state index in [-0.39, 0.29) is 6.07 Å². The van der Waals surface area contributed by atoms with Crippen LogP contribution in [0.1, 0.15) is 0 Å². The number of carbonyl (C=O) groups excluding carboxylic acids is 1. The lowest BCUT2D eigenvalue weighted by molar-refractivity contribution is -0.386. The Labute approximate surface area is 231 Å². The molecule has 0 aliphatic rings. The van der Waals surface area contributed by atoms with Crippen LogP contribution in [-0.4, -0.2) is 52.1 Å². The molecule has 6 nitrogen and oxygen atoms in total. The summed E-state index contributed by atoms with van der Waals surface area (Å²) >= 11 is -2.63. The third kappa shape index (κ3) is 7.42. The first-order valence-electron chi connectivity index (χ1n) is 10.2. The van der Waals surface area contributed by atoms with E-state index in [1.807, 2.05) is 5.32 Å². The van der Waals surface area contributed by atoms with Crippen molar-refractivity contribution < 1.29 is 75.9 Å². The van der Waals surface area contributed by atoms with E-state index in [9.17, 15) is 76.4 Å². The Bertz CT molecular complexity index is 1320. The Balaban J connectivity index is 2.21. The highest BCUT2D eigenvalue weighted by atomic mass is 32.2. The van der Waals surface area contributed by atoms with Crippen molar-refractivity contribution in [1.29, 1.82) is 0 Å². The molecule has 2 aromatic carbocycles. The number of carbonyl (C=O) groups is 1. The molecule has 0 fully saturated rings. The molecule has 1 amide bonds. The van der Waals surface area contributed by atoms with Crippen molar-refractivity contribution in [2.45, 2.75) is 44.5 Å². The molecule has 42 heavy (non-hydrogen) atoms. The lowest BCUT2D eigenvalue weighted by atomic mass is 10.3. The number of nitrogens with zero attached hydrogens (tertiary/aromatic N) is 1. The Morgan fingerprint density at radius 2 is 1.29 bits per heavy atom. The van der Waals surface area contributed by atoms with Crippen molar-refractivity contribution in [3.05, 3.63) is 52.6 Å². The number of nitro benzene ring substituents is 1. The van der Waals surface area contributed by atoms with Gasteiger partial charge in [-0.3, -0.25) is 14.9 Å².